The maximum Gasteiger partial charge on any atom is 0.270 e. The van der Waals surface area contributed by atoms with Crippen LogP contribution in [0.5, 0.6) is 0 Å². The highest BCUT2D eigenvalue weighted by molar-refractivity contribution is 5.98. The van der Waals surface area contributed by atoms with Crippen LogP contribution in [0, 0.1) is 21.8 Å². The number of amides is 2. The second-order valence-electron chi connectivity index (χ2n) is 7.02. The van der Waals surface area contributed by atoms with E-state index in [1.807, 2.05) is 0 Å². The molecule has 10 nitrogen and oxygen atoms in total. The lowest BCUT2D eigenvalue weighted by molar-refractivity contribution is -0.384. The van der Waals surface area contributed by atoms with Crippen molar-refractivity contribution in [3.8, 4) is 11.4 Å². The van der Waals surface area contributed by atoms with Crippen molar-refractivity contribution in [2.45, 2.75) is 12.8 Å². The van der Waals surface area contributed by atoms with Gasteiger partial charge >= 0.3 is 0 Å². The van der Waals surface area contributed by atoms with E-state index in [0.717, 1.165) is 0 Å². The van der Waals surface area contributed by atoms with E-state index in [0.29, 0.717) is 17.7 Å². The largest absolute Gasteiger partial charge is 0.312 e. The molecule has 0 radical (unpaired) electrons. The van der Waals surface area contributed by atoms with Crippen molar-refractivity contribution in [1.29, 1.82) is 0 Å². The second-order valence-corrected chi connectivity index (χ2v) is 7.02. The highest BCUT2D eigenvalue weighted by atomic mass is 19.1. The normalized spacial score (nSPS) is 16.2. The van der Waals surface area contributed by atoms with Crippen LogP contribution in [0.25, 0.3) is 11.4 Å². The fourth-order valence-electron chi connectivity index (χ4n) is 3.38. The zero-order chi connectivity index (χ0) is 22.0. The number of anilines is 2. The Balaban J connectivity index is 1.46. The van der Waals surface area contributed by atoms with E-state index < -0.39 is 16.7 Å². The van der Waals surface area contributed by atoms with Gasteiger partial charge in [-0.1, -0.05) is 18.2 Å². The van der Waals surface area contributed by atoms with E-state index in [9.17, 15) is 24.1 Å². The third-order valence-corrected chi connectivity index (χ3v) is 4.95. The quantitative estimate of drug-likeness (QED) is 0.478. The average Bonchev–Trinajstić information content (AvgIpc) is 3.22. The number of benzene rings is 2. The van der Waals surface area contributed by atoms with Crippen LogP contribution in [0.4, 0.5) is 21.7 Å². The van der Waals surface area contributed by atoms with Crippen LogP contribution in [-0.4, -0.2) is 38.5 Å². The molecular formula is C20H17FN6O4. The number of carbonyl (C=O) groups is 2. The minimum absolute atomic E-state index is 0.0145. The lowest BCUT2D eigenvalue weighted by Crippen LogP contribution is -2.44. The predicted molar refractivity (Wildman–Crippen MR) is 109 cm³/mol. The van der Waals surface area contributed by atoms with Crippen LogP contribution in [-0.2, 0) is 9.59 Å². The molecule has 1 aliphatic rings. The predicted octanol–water partition coefficient (Wildman–Crippen LogP) is 2.90. The molecule has 3 aromatic rings. The number of aromatic nitrogens is 3. The molecule has 1 atom stereocenters. The molecule has 1 unspecified atom stereocenters. The lowest BCUT2D eigenvalue weighted by Gasteiger charge is -2.31. The van der Waals surface area contributed by atoms with Gasteiger partial charge < -0.3 is 4.90 Å². The van der Waals surface area contributed by atoms with Gasteiger partial charge in [-0.2, -0.15) is 4.98 Å². The van der Waals surface area contributed by atoms with Gasteiger partial charge in [-0.05, 0) is 24.6 Å². The van der Waals surface area contributed by atoms with Crippen LogP contribution >= 0.6 is 0 Å². The molecule has 0 aliphatic carbocycles. The molecule has 2 N–H and O–H groups in total. The number of nitrogens with one attached hydrogen (secondary N) is 2. The number of aromatic amines is 1. The van der Waals surface area contributed by atoms with E-state index in [-0.39, 0.29) is 42.2 Å². The minimum atomic E-state index is -0.527. The van der Waals surface area contributed by atoms with Crippen LogP contribution < -0.4 is 10.2 Å². The summed E-state index contributed by atoms with van der Waals surface area (Å²) in [5.41, 5.74) is 0.750. The maximum atomic E-state index is 13.5. The Hall–Kier alpha value is -4.15. The zero-order valence-corrected chi connectivity index (χ0v) is 16.1. The highest BCUT2D eigenvalue weighted by Crippen LogP contribution is 2.26. The molecule has 158 valence electrons. The zero-order valence-electron chi connectivity index (χ0n) is 16.1. The topological polar surface area (TPSA) is 134 Å². The number of nitro groups is 1. The molecule has 0 saturated carbocycles. The number of hydrogen-bond donors (Lipinski definition) is 2. The van der Waals surface area contributed by atoms with E-state index in [2.05, 4.69) is 20.5 Å². The molecule has 1 saturated heterocycles. The lowest BCUT2D eigenvalue weighted by atomic mass is 9.96. The number of non-ortho nitro benzene ring substituents is 1. The summed E-state index contributed by atoms with van der Waals surface area (Å²) in [6.07, 6.45) is 0.500. The number of piperidine rings is 1. The summed E-state index contributed by atoms with van der Waals surface area (Å²) in [6.45, 7) is 0.107. The SMILES string of the molecule is O=C(Nc1n[nH]c(-c2cccc([N+](=O)[O-])c2)n1)C1CCC(=O)N(c2cccc(F)c2)C1. The van der Waals surface area contributed by atoms with Gasteiger partial charge in [0, 0.05) is 36.3 Å². The third-order valence-electron chi connectivity index (χ3n) is 4.95. The first-order valence-corrected chi connectivity index (χ1v) is 9.45. The summed E-state index contributed by atoms with van der Waals surface area (Å²) >= 11 is 0. The maximum absolute atomic E-state index is 13.5. The summed E-state index contributed by atoms with van der Waals surface area (Å²) in [5.74, 6) is -1.27. The van der Waals surface area contributed by atoms with Crippen LogP contribution in [0.3, 0.4) is 0 Å². The van der Waals surface area contributed by atoms with Gasteiger partial charge in [-0.3, -0.25) is 30.1 Å². The monoisotopic (exact) mass is 424 g/mol. The van der Waals surface area contributed by atoms with Crippen molar-refractivity contribution in [3.05, 3.63) is 64.5 Å². The Bertz CT molecular complexity index is 1160. The molecule has 31 heavy (non-hydrogen) atoms. The number of hydrogen-bond acceptors (Lipinski definition) is 6. The summed E-state index contributed by atoms with van der Waals surface area (Å²) in [4.78, 5) is 40.9. The molecule has 2 heterocycles. The number of rotatable bonds is 5. The summed E-state index contributed by atoms with van der Waals surface area (Å²) in [5, 5.41) is 20.1. The number of halogens is 1. The Labute approximate surface area is 175 Å². The molecule has 1 aromatic heterocycles. The van der Waals surface area contributed by atoms with Crippen molar-refractivity contribution >= 4 is 29.1 Å². The average molecular weight is 424 g/mol. The summed E-state index contributed by atoms with van der Waals surface area (Å²) < 4.78 is 13.5. The number of nitro benzene ring substituents is 1. The van der Waals surface area contributed by atoms with Crippen LogP contribution in [0.2, 0.25) is 0 Å². The van der Waals surface area contributed by atoms with Crippen molar-refractivity contribution in [3.63, 3.8) is 0 Å². The van der Waals surface area contributed by atoms with E-state index in [4.69, 9.17) is 0 Å². The first-order chi connectivity index (χ1) is 14.9. The van der Waals surface area contributed by atoms with Gasteiger partial charge in [0.25, 0.3) is 5.69 Å². The summed E-state index contributed by atoms with van der Waals surface area (Å²) in [6, 6.07) is 11.5. The number of nitrogens with zero attached hydrogens (tertiary/aromatic N) is 4. The van der Waals surface area contributed by atoms with Gasteiger partial charge in [-0.15, -0.1) is 5.10 Å². The summed E-state index contributed by atoms with van der Waals surface area (Å²) in [7, 11) is 0. The van der Waals surface area contributed by atoms with Crippen molar-refractivity contribution in [1.82, 2.24) is 15.2 Å². The molecule has 0 spiro atoms. The van der Waals surface area contributed by atoms with Gasteiger partial charge in [0.2, 0.25) is 17.8 Å². The van der Waals surface area contributed by atoms with E-state index in [1.54, 1.807) is 12.1 Å². The molecule has 1 aliphatic heterocycles. The molecule has 1 fully saturated rings. The number of H-pyrrole nitrogens is 1. The molecular weight excluding hydrogens is 407 g/mol. The van der Waals surface area contributed by atoms with Gasteiger partial charge in [0.05, 0.1) is 10.8 Å². The third kappa shape index (κ3) is 4.39. The highest BCUT2D eigenvalue weighted by Gasteiger charge is 2.31. The number of carbonyl (C=O) groups excluding carboxylic acids is 2. The molecule has 2 aromatic carbocycles. The smallest absolute Gasteiger partial charge is 0.270 e. The Morgan fingerprint density at radius 2 is 2.06 bits per heavy atom. The minimum Gasteiger partial charge on any atom is -0.312 e. The van der Waals surface area contributed by atoms with E-state index >= 15 is 0 Å². The van der Waals surface area contributed by atoms with E-state index in [1.165, 1.54) is 41.3 Å². The first kappa shape index (κ1) is 20.1. The van der Waals surface area contributed by atoms with Crippen molar-refractivity contribution in [2.75, 3.05) is 16.8 Å². The molecule has 4 rings (SSSR count). The van der Waals surface area contributed by atoms with Gasteiger partial charge in [0.15, 0.2) is 5.82 Å². The fourth-order valence-corrected chi connectivity index (χ4v) is 3.38. The van der Waals surface area contributed by atoms with Crippen molar-refractivity contribution in [2.24, 2.45) is 5.92 Å². The van der Waals surface area contributed by atoms with Gasteiger partial charge in [0.1, 0.15) is 5.82 Å². The van der Waals surface area contributed by atoms with Crippen LogP contribution in [0.1, 0.15) is 12.8 Å². The van der Waals surface area contributed by atoms with Gasteiger partial charge in [-0.25, -0.2) is 4.39 Å². The Morgan fingerprint density at radius 3 is 2.84 bits per heavy atom. The standard InChI is InChI=1S/C20H17FN6O4/c21-14-4-2-5-15(10-14)26-11-13(7-8-17(26)28)19(29)23-20-22-18(24-25-20)12-3-1-6-16(9-12)27(30)31/h1-6,9-10,13H,7-8,11H2,(H2,22,23,24,25,29). The van der Waals surface area contributed by atoms with Crippen LogP contribution in [0.15, 0.2) is 48.5 Å². The van der Waals surface area contributed by atoms with Crippen molar-refractivity contribution < 1.29 is 18.9 Å². The Morgan fingerprint density at radius 1 is 1.26 bits per heavy atom. The Kier molecular flexibility index (Phi) is 5.39. The fraction of sp³-hybridized carbons (Fsp3) is 0.200. The molecule has 0 bridgehead atoms. The second kappa shape index (κ2) is 8.30. The molecule has 11 heteroatoms. The molecule has 2 amide bonds. The first-order valence-electron chi connectivity index (χ1n) is 9.45.